The Morgan fingerprint density at radius 2 is 1.84 bits per heavy atom. The molecule has 32 heavy (non-hydrogen) atoms. The fourth-order valence-electron chi connectivity index (χ4n) is 4.18. The normalized spacial score (nSPS) is 21.5. The summed E-state index contributed by atoms with van der Waals surface area (Å²) >= 11 is 0. The van der Waals surface area contributed by atoms with Crippen LogP contribution in [0.1, 0.15) is 79.2 Å². The highest BCUT2D eigenvalue weighted by Gasteiger charge is 2.51. The van der Waals surface area contributed by atoms with Crippen LogP contribution in [0.5, 0.6) is 0 Å². The van der Waals surface area contributed by atoms with Crippen LogP contribution >= 0.6 is 0 Å². The van der Waals surface area contributed by atoms with E-state index in [0.29, 0.717) is 12.5 Å². The van der Waals surface area contributed by atoms with Gasteiger partial charge in [-0.1, -0.05) is 50.3 Å². The summed E-state index contributed by atoms with van der Waals surface area (Å²) < 4.78 is 18.1. The molecule has 5 nitrogen and oxygen atoms in total. The average molecular weight is 441 g/mol. The van der Waals surface area contributed by atoms with Gasteiger partial charge in [-0.15, -0.1) is 0 Å². The highest BCUT2D eigenvalue weighted by Crippen LogP contribution is 2.36. The summed E-state index contributed by atoms with van der Waals surface area (Å²) in [4.78, 5) is 12.7. The van der Waals surface area contributed by atoms with Crippen molar-refractivity contribution in [2.75, 3.05) is 6.54 Å². The van der Waals surface area contributed by atoms with Crippen molar-refractivity contribution < 1.29 is 18.8 Å². The number of nitrogens with one attached hydrogen (secondary N) is 1. The van der Waals surface area contributed by atoms with Gasteiger partial charge < -0.3 is 19.4 Å². The molecule has 1 saturated heterocycles. The number of esters is 1. The Hall–Kier alpha value is -1.63. The quantitative estimate of drug-likeness (QED) is 0.452. The van der Waals surface area contributed by atoms with Crippen molar-refractivity contribution in [3.8, 4) is 0 Å². The van der Waals surface area contributed by atoms with E-state index in [0.717, 1.165) is 43.1 Å². The third-order valence-electron chi connectivity index (χ3n) is 6.81. The first-order valence-corrected chi connectivity index (χ1v) is 12.1. The molecule has 176 valence electrons. The van der Waals surface area contributed by atoms with Gasteiger partial charge in [0.05, 0.1) is 11.2 Å². The second kappa shape index (κ2) is 10.5. The van der Waals surface area contributed by atoms with Gasteiger partial charge in [-0.05, 0) is 76.7 Å². The van der Waals surface area contributed by atoms with Crippen LogP contribution in [0.4, 0.5) is 0 Å². The summed E-state index contributed by atoms with van der Waals surface area (Å²) in [6.07, 6.45) is 9.32. The molecule has 0 spiro atoms. The lowest BCUT2D eigenvalue weighted by atomic mass is 9.78. The van der Waals surface area contributed by atoms with Crippen LogP contribution in [0.2, 0.25) is 0 Å². The number of hydrogen-bond acceptors (Lipinski definition) is 5. The molecule has 1 N–H and O–H groups in total. The molecule has 2 aliphatic rings. The zero-order chi connectivity index (χ0) is 23.4. The predicted octanol–water partition coefficient (Wildman–Crippen LogP) is 4.49. The Bertz CT molecular complexity index is 783. The molecule has 2 fully saturated rings. The van der Waals surface area contributed by atoms with Crippen molar-refractivity contribution in [2.24, 2.45) is 5.92 Å². The Labute approximate surface area is 194 Å². The van der Waals surface area contributed by atoms with E-state index in [1.807, 2.05) is 12.1 Å². The fourth-order valence-corrected chi connectivity index (χ4v) is 4.18. The van der Waals surface area contributed by atoms with Crippen LogP contribution in [0.25, 0.3) is 6.08 Å². The zero-order valence-corrected chi connectivity index (χ0v) is 20.6. The first-order chi connectivity index (χ1) is 15.1. The summed E-state index contributed by atoms with van der Waals surface area (Å²) in [6.45, 7) is 13.1. The fraction of sp³-hybridized carbons (Fsp3) is 0.654. The topological polar surface area (TPSA) is 56.8 Å². The molecule has 0 amide bonds. The lowest BCUT2D eigenvalue weighted by Crippen LogP contribution is -2.41. The smallest absolute Gasteiger partial charge is 0.461 e. The Kier molecular flexibility index (Phi) is 8.23. The van der Waals surface area contributed by atoms with E-state index >= 15 is 0 Å². The SMILES string of the molecule is CC(C)C[C@H](NC/C=C/c1cccc(B2OC(C)(C)C(C)(C)O2)c1)C(=O)OC1CCCC1. The van der Waals surface area contributed by atoms with Crippen molar-refractivity contribution >= 4 is 24.6 Å². The summed E-state index contributed by atoms with van der Waals surface area (Å²) in [7, 11) is -0.368. The molecule has 3 rings (SSSR count). The van der Waals surface area contributed by atoms with Gasteiger partial charge in [-0.2, -0.15) is 0 Å². The molecule has 1 heterocycles. The van der Waals surface area contributed by atoms with Crippen LogP contribution in [-0.4, -0.2) is 43.0 Å². The van der Waals surface area contributed by atoms with Crippen molar-refractivity contribution in [3.63, 3.8) is 0 Å². The molecule has 1 aliphatic heterocycles. The summed E-state index contributed by atoms with van der Waals surface area (Å²) in [5.74, 6) is 0.311. The molecule has 6 heteroatoms. The Morgan fingerprint density at radius 3 is 2.47 bits per heavy atom. The first kappa shape index (κ1) is 25.0. The molecule has 0 unspecified atom stereocenters. The molecular weight excluding hydrogens is 401 g/mol. The van der Waals surface area contributed by atoms with E-state index in [2.05, 4.69) is 71.1 Å². The number of carbonyl (C=O) groups is 1. The number of carbonyl (C=O) groups excluding carboxylic acids is 1. The number of benzene rings is 1. The third kappa shape index (κ3) is 6.46. The Morgan fingerprint density at radius 1 is 1.19 bits per heavy atom. The first-order valence-electron chi connectivity index (χ1n) is 12.1. The van der Waals surface area contributed by atoms with Gasteiger partial charge in [-0.25, -0.2) is 0 Å². The molecule has 1 aromatic carbocycles. The summed E-state index contributed by atoms with van der Waals surface area (Å²) in [6, 6.07) is 7.95. The Balaban J connectivity index is 1.56. The molecule has 0 radical (unpaired) electrons. The van der Waals surface area contributed by atoms with E-state index in [-0.39, 0.29) is 36.4 Å². The summed E-state index contributed by atoms with van der Waals surface area (Å²) in [5.41, 5.74) is 1.38. The van der Waals surface area contributed by atoms with Gasteiger partial charge in [-0.3, -0.25) is 4.79 Å². The molecular formula is C26H40BNO4. The van der Waals surface area contributed by atoms with E-state index < -0.39 is 0 Å². The molecule has 1 aromatic rings. The number of rotatable bonds is 9. The minimum absolute atomic E-state index is 0.104. The van der Waals surface area contributed by atoms with E-state index in [1.54, 1.807) is 0 Å². The minimum Gasteiger partial charge on any atom is -0.461 e. The maximum absolute atomic E-state index is 12.7. The van der Waals surface area contributed by atoms with Crippen LogP contribution in [0.3, 0.4) is 0 Å². The summed E-state index contributed by atoms with van der Waals surface area (Å²) in [5, 5.41) is 3.38. The molecule has 1 aliphatic carbocycles. The van der Waals surface area contributed by atoms with Gasteiger partial charge >= 0.3 is 13.1 Å². The van der Waals surface area contributed by atoms with Crippen LogP contribution in [-0.2, 0) is 18.8 Å². The average Bonchev–Trinajstić information content (AvgIpc) is 3.29. The monoisotopic (exact) mass is 441 g/mol. The van der Waals surface area contributed by atoms with Gasteiger partial charge in [0.2, 0.25) is 0 Å². The minimum atomic E-state index is -0.368. The lowest BCUT2D eigenvalue weighted by Gasteiger charge is -2.32. The second-order valence-corrected chi connectivity index (χ2v) is 10.6. The maximum Gasteiger partial charge on any atom is 0.494 e. The van der Waals surface area contributed by atoms with Crippen LogP contribution in [0, 0.1) is 5.92 Å². The van der Waals surface area contributed by atoms with Gasteiger partial charge in [0, 0.05) is 6.54 Å². The van der Waals surface area contributed by atoms with Crippen molar-refractivity contribution in [3.05, 3.63) is 35.9 Å². The van der Waals surface area contributed by atoms with E-state index in [1.165, 1.54) is 0 Å². The standard InChI is InChI=1S/C26H40BNO4/c1-19(2)17-23(24(29)30-22-14-7-8-15-22)28-16-10-12-20-11-9-13-21(18-20)27-31-25(3,4)26(5,6)32-27/h9-13,18-19,22-23,28H,7-8,14-17H2,1-6H3/b12-10+/t23-/m0/s1. The largest absolute Gasteiger partial charge is 0.494 e. The third-order valence-corrected chi connectivity index (χ3v) is 6.81. The van der Waals surface area contributed by atoms with Gasteiger partial charge in [0.25, 0.3) is 0 Å². The molecule has 0 aromatic heterocycles. The van der Waals surface area contributed by atoms with Gasteiger partial charge in [0.15, 0.2) is 0 Å². The van der Waals surface area contributed by atoms with Crippen LogP contribution in [0.15, 0.2) is 30.3 Å². The highest BCUT2D eigenvalue weighted by molar-refractivity contribution is 6.62. The van der Waals surface area contributed by atoms with E-state index in [9.17, 15) is 4.79 Å². The lowest BCUT2D eigenvalue weighted by molar-refractivity contribution is -0.151. The van der Waals surface area contributed by atoms with Crippen molar-refractivity contribution in [2.45, 2.75) is 97.0 Å². The predicted molar refractivity (Wildman–Crippen MR) is 131 cm³/mol. The van der Waals surface area contributed by atoms with Gasteiger partial charge in [0.1, 0.15) is 12.1 Å². The number of hydrogen-bond donors (Lipinski definition) is 1. The van der Waals surface area contributed by atoms with Crippen molar-refractivity contribution in [1.29, 1.82) is 0 Å². The number of ether oxygens (including phenoxy) is 1. The van der Waals surface area contributed by atoms with Crippen LogP contribution < -0.4 is 10.8 Å². The zero-order valence-electron chi connectivity index (χ0n) is 20.6. The molecule has 1 saturated carbocycles. The molecule has 1 atom stereocenters. The van der Waals surface area contributed by atoms with Crippen molar-refractivity contribution in [1.82, 2.24) is 5.32 Å². The highest BCUT2D eigenvalue weighted by atomic mass is 16.7. The van der Waals surface area contributed by atoms with E-state index in [4.69, 9.17) is 14.0 Å². The molecule has 0 bridgehead atoms. The maximum atomic E-state index is 12.7. The second-order valence-electron chi connectivity index (χ2n) is 10.6.